The number of carbonyl (C=O) groups excluding carboxylic acids is 1. The molecule has 2 aromatic rings. The van der Waals surface area contributed by atoms with Gasteiger partial charge >= 0.3 is 0 Å². The average molecular weight is 266 g/mol. The highest BCUT2D eigenvalue weighted by molar-refractivity contribution is 6.28. The summed E-state index contributed by atoms with van der Waals surface area (Å²) in [6.07, 6.45) is 5.00. The predicted molar refractivity (Wildman–Crippen MR) is 75.7 cm³/mol. The monoisotopic (exact) mass is 266 g/mol. The number of aromatic amines is 1. The van der Waals surface area contributed by atoms with Crippen LogP contribution in [0.25, 0.3) is 5.57 Å². The van der Waals surface area contributed by atoms with Gasteiger partial charge in [-0.2, -0.15) is 5.26 Å². The largest absolute Gasteiger partial charge is 0.383 e. The summed E-state index contributed by atoms with van der Waals surface area (Å²) in [6.45, 7) is 0. The van der Waals surface area contributed by atoms with Crippen molar-refractivity contribution in [3.05, 3.63) is 59.8 Å². The van der Waals surface area contributed by atoms with Crippen LogP contribution in [0.3, 0.4) is 0 Å². The number of imidazole rings is 1. The van der Waals surface area contributed by atoms with Gasteiger partial charge in [0.15, 0.2) is 5.78 Å². The number of rotatable bonds is 4. The molecule has 0 atom stereocenters. The first-order valence-corrected chi connectivity index (χ1v) is 6.04. The van der Waals surface area contributed by atoms with Crippen molar-refractivity contribution in [2.24, 2.45) is 0 Å². The summed E-state index contributed by atoms with van der Waals surface area (Å²) in [5.41, 5.74) is 1.52. The van der Waals surface area contributed by atoms with Gasteiger partial charge in [0, 0.05) is 38.3 Å². The Kier molecular flexibility index (Phi) is 3.96. The number of Topliss-reactive ketones (excluding diaryl/α,β-unsaturated/α-hetero) is 1. The molecule has 0 aliphatic rings. The van der Waals surface area contributed by atoms with Crippen molar-refractivity contribution in [1.82, 2.24) is 14.9 Å². The fourth-order valence-corrected chi connectivity index (χ4v) is 1.75. The molecule has 0 aliphatic carbocycles. The molecule has 0 saturated heterocycles. The van der Waals surface area contributed by atoms with E-state index in [0.29, 0.717) is 22.5 Å². The highest BCUT2D eigenvalue weighted by Crippen LogP contribution is 2.17. The van der Waals surface area contributed by atoms with E-state index < -0.39 is 0 Å². The molecule has 1 aromatic carbocycles. The van der Waals surface area contributed by atoms with E-state index in [1.807, 2.05) is 20.2 Å². The van der Waals surface area contributed by atoms with Gasteiger partial charge in [-0.15, -0.1) is 0 Å². The fraction of sp³-hybridized carbons (Fsp3) is 0.133. The molecule has 0 radical (unpaired) electrons. The zero-order chi connectivity index (χ0) is 14.5. The first kappa shape index (κ1) is 13.6. The number of nitrogens with zero attached hydrogens (tertiary/aromatic N) is 3. The summed E-state index contributed by atoms with van der Waals surface area (Å²) in [6, 6.07) is 8.58. The van der Waals surface area contributed by atoms with Crippen LogP contribution in [0.15, 0.2) is 42.9 Å². The van der Waals surface area contributed by atoms with E-state index in [0.717, 1.165) is 0 Å². The van der Waals surface area contributed by atoms with Crippen molar-refractivity contribution in [1.29, 1.82) is 5.26 Å². The van der Waals surface area contributed by atoms with Crippen molar-refractivity contribution < 1.29 is 4.79 Å². The van der Waals surface area contributed by atoms with Crippen molar-refractivity contribution in [2.75, 3.05) is 14.1 Å². The Balaban J connectivity index is 2.39. The van der Waals surface area contributed by atoms with Crippen LogP contribution in [0.4, 0.5) is 0 Å². The number of allylic oxidation sites excluding steroid dienone is 1. The molecule has 0 unspecified atom stereocenters. The van der Waals surface area contributed by atoms with Crippen LogP contribution in [0.2, 0.25) is 0 Å². The summed E-state index contributed by atoms with van der Waals surface area (Å²) >= 11 is 0. The molecular weight excluding hydrogens is 252 g/mol. The molecule has 0 saturated carbocycles. The highest BCUT2D eigenvalue weighted by atomic mass is 16.1. The first-order chi connectivity index (χ1) is 9.61. The third-order valence-electron chi connectivity index (χ3n) is 2.66. The van der Waals surface area contributed by atoms with Gasteiger partial charge in [0.25, 0.3) is 0 Å². The molecule has 20 heavy (non-hydrogen) atoms. The molecule has 1 heterocycles. The summed E-state index contributed by atoms with van der Waals surface area (Å²) in [5, 5.41) is 8.78. The van der Waals surface area contributed by atoms with Gasteiger partial charge < -0.3 is 9.88 Å². The molecule has 2 rings (SSSR count). The van der Waals surface area contributed by atoms with Crippen molar-refractivity contribution in [2.45, 2.75) is 0 Å². The van der Waals surface area contributed by atoms with E-state index in [1.54, 1.807) is 47.8 Å². The molecule has 100 valence electrons. The zero-order valence-corrected chi connectivity index (χ0v) is 11.3. The molecule has 0 amide bonds. The number of H-pyrrole nitrogens is 1. The Morgan fingerprint density at radius 3 is 2.55 bits per heavy atom. The Morgan fingerprint density at radius 1 is 1.35 bits per heavy atom. The van der Waals surface area contributed by atoms with Crippen LogP contribution < -0.4 is 0 Å². The number of aromatic nitrogens is 2. The first-order valence-electron chi connectivity index (χ1n) is 6.04. The number of hydrogen-bond donors (Lipinski definition) is 1. The van der Waals surface area contributed by atoms with Crippen LogP contribution in [0.1, 0.15) is 21.7 Å². The maximum Gasteiger partial charge on any atom is 0.198 e. The normalized spacial score (nSPS) is 10.9. The highest BCUT2D eigenvalue weighted by Gasteiger charge is 2.16. The minimum Gasteiger partial charge on any atom is -0.383 e. The average Bonchev–Trinajstić information content (AvgIpc) is 2.98. The van der Waals surface area contributed by atoms with Crippen molar-refractivity contribution in [3.8, 4) is 6.07 Å². The third kappa shape index (κ3) is 2.93. The number of nitrogens with one attached hydrogen (secondary N) is 1. The standard InChI is InChI=1S/C15H14N4O/c1-19(2)10-13(15-17-7-8-18-15)14(20)12-5-3-11(9-16)4-6-12/h3-8,10H,1-2H3,(H,17,18)/b13-10-. The third-order valence-corrected chi connectivity index (χ3v) is 2.66. The Hall–Kier alpha value is -2.87. The van der Waals surface area contributed by atoms with Gasteiger partial charge in [0.2, 0.25) is 0 Å². The minimum absolute atomic E-state index is 0.141. The molecule has 0 bridgehead atoms. The van der Waals surface area contributed by atoms with Crippen molar-refractivity contribution in [3.63, 3.8) is 0 Å². The van der Waals surface area contributed by atoms with Gasteiger partial charge in [0.05, 0.1) is 17.2 Å². The summed E-state index contributed by atoms with van der Waals surface area (Å²) in [7, 11) is 3.68. The number of carbonyl (C=O) groups is 1. The lowest BCUT2D eigenvalue weighted by Gasteiger charge is -2.09. The summed E-state index contributed by atoms with van der Waals surface area (Å²) in [5.74, 6) is 0.381. The quantitative estimate of drug-likeness (QED) is 0.679. The van der Waals surface area contributed by atoms with Gasteiger partial charge in [-0.1, -0.05) is 0 Å². The zero-order valence-electron chi connectivity index (χ0n) is 11.3. The van der Waals surface area contributed by atoms with Crippen LogP contribution in [0, 0.1) is 11.3 Å². The van der Waals surface area contributed by atoms with Gasteiger partial charge in [-0.05, 0) is 24.3 Å². The molecule has 1 N–H and O–H groups in total. The minimum atomic E-state index is -0.141. The maximum absolute atomic E-state index is 12.5. The fourth-order valence-electron chi connectivity index (χ4n) is 1.75. The lowest BCUT2D eigenvalue weighted by molar-refractivity contribution is 0.105. The lowest BCUT2D eigenvalue weighted by Crippen LogP contribution is -2.10. The second-order valence-corrected chi connectivity index (χ2v) is 4.46. The number of benzene rings is 1. The van der Waals surface area contributed by atoms with Crippen LogP contribution in [-0.2, 0) is 0 Å². The predicted octanol–water partition coefficient (Wildman–Crippen LogP) is 2.07. The van der Waals surface area contributed by atoms with E-state index >= 15 is 0 Å². The second-order valence-electron chi connectivity index (χ2n) is 4.46. The molecular formula is C15H14N4O. The van der Waals surface area contributed by atoms with E-state index in [1.165, 1.54) is 0 Å². The molecule has 1 aromatic heterocycles. The van der Waals surface area contributed by atoms with Crippen LogP contribution >= 0.6 is 0 Å². The van der Waals surface area contributed by atoms with Gasteiger partial charge in [-0.3, -0.25) is 4.79 Å². The molecule has 0 spiro atoms. The lowest BCUT2D eigenvalue weighted by atomic mass is 10.0. The smallest absolute Gasteiger partial charge is 0.198 e. The van der Waals surface area contributed by atoms with Gasteiger partial charge in [-0.25, -0.2) is 4.98 Å². The van der Waals surface area contributed by atoms with Crippen LogP contribution in [-0.4, -0.2) is 34.7 Å². The topological polar surface area (TPSA) is 72.8 Å². The van der Waals surface area contributed by atoms with Gasteiger partial charge in [0.1, 0.15) is 5.82 Å². The number of ketones is 1. The summed E-state index contributed by atoms with van der Waals surface area (Å²) < 4.78 is 0. The van der Waals surface area contributed by atoms with E-state index in [-0.39, 0.29) is 5.78 Å². The van der Waals surface area contributed by atoms with E-state index in [4.69, 9.17) is 5.26 Å². The Labute approximate surface area is 117 Å². The number of nitriles is 1. The van der Waals surface area contributed by atoms with E-state index in [2.05, 4.69) is 9.97 Å². The SMILES string of the molecule is CN(C)/C=C(/C(=O)c1ccc(C#N)cc1)c1ncc[nH]1. The number of hydrogen-bond acceptors (Lipinski definition) is 4. The van der Waals surface area contributed by atoms with E-state index in [9.17, 15) is 4.79 Å². The Bertz CT molecular complexity index is 661. The summed E-state index contributed by atoms with van der Waals surface area (Å²) in [4.78, 5) is 21.4. The van der Waals surface area contributed by atoms with Crippen LogP contribution in [0.5, 0.6) is 0 Å². The molecule has 5 nitrogen and oxygen atoms in total. The second kappa shape index (κ2) is 5.85. The van der Waals surface area contributed by atoms with Crippen molar-refractivity contribution >= 4 is 11.4 Å². The maximum atomic E-state index is 12.5. The molecule has 0 fully saturated rings. The Morgan fingerprint density at radius 2 is 2.05 bits per heavy atom. The molecule has 0 aliphatic heterocycles. The molecule has 5 heteroatoms.